The molecule has 2 aromatic rings. The van der Waals surface area contributed by atoms with Crippen molar-refractivity contribution in [3.05, 3.63) is 52.0 Å². The Kier molecular flexibility index (Phi) is 7.71. The number of sulfonamides is 1. The summed E-state index contributed by atoms with van der Waals surface area (Å²) < 4.78 is 32.1. The zero-order valence-electron chi connectivity index (χ0n) is 15.8. The molecule has 2 rings (SSSR count). The van der Waals surface area contributed by atoms with Gasteiger partial charge >= 0.3 is 0 Å². The highest BCUT2D eigenvalue weighted by Gasteiger charge is 2.22. The van der Waals surface area contributed by atoms with Crippen LogP contribution in [-0.2, 0) is 14.8 Å². The fourth-order valence-electron chi connectivity index (χ4n) is 2.57. The highest BCUT2D eigenvalue weighted by molar-refractivity contribution is 7.89. The van der Waals surface area contributed by atoms with Crippen molar-refractivity contribution in [2.45, 2.75) is 25.7 Å². The van der Waals surface area contributed by atoms with E-state index in [-0.39, 0.29) is 17.4 Å². The quantitative estimate of drug-likeness (QED) is 0.656. The van der Waals surface area contributed by atoms with Gasteiger partial charge in [0.1, 0.15) is 5.75 Å². The Bertz CT molecular complexity index is 960. The molecule has 0 radical (unpaired) electrons. The van der Waals surface area contributed by atoms with Gasteiger partial charge in [-0.1, -0.05) is 37.0 Å². The Morgan fingerprint density at radius 2 is 1.75 bits per heavy atom. The summed E-state index contributed by atoms with van der Waals surface area (Å²) in [4.78, 5) is 12.3. The van der Waals surface area contributed by atoms with Crippen LogP contribution in [0.5, 0.6) is 5.75 Å². The van der Waals surface area contributed by atoms with Crippen molar-refractivity contribution in [2.24, 2.45) is 0 Å². The molecule has 0 atom stereocenters. The lowest BCUT2D eigenvalue weighted by Crippen LogP contribution is -2.30. The van der Waals surface area contributed by atoms with Crippen LogP contribution in [0, 0.1) is 6.92 Å². The number of ether oxygens (including phenoxy) is 1. The molecule has 6 nitrogen and oxygen atoms in total. The Morgan fingerprint density at radius 3 is 2.32 bits per heavy atom. The van der Waals surface area contributed by atoms with Gasteiger partial charge in [-0.25, -0.2) is 8.42 Å². The molecule has 0 spiro atoms. The largest absolute Gasteiger partial charge is 0.483 e. The second-order valence-electron chi connectivity index (χ2n) is 5.98. The first-order valence-corrected chi connectivity index (χ1v) is 10.9. The summed E-state index contributed by atoms with van der Waals surface area (Å²) in [7, 11) is -3.54. The van der Waals surface area contributed by atoms with Gasteiger partial charge in [-0.2, -0.15) is 4.31 Å². The molecular weight excluding hydrogens is 423 g/mol. The number of amides is 1. The molecule has 2 aromatic carbocycles. The molecule has 0 aliphatic carbocycles. The van der Waals surface area contributed by atoms with Gasteiger partial charge in [0.2, 0.25) is 10.0 Å². The van der Waals surface area contributed by atoms with Gasteiger partial charge in [0.25, 0.3) is 5.91 Å². The number of anilines is 1. The predicted molar refractivity (Wildman–Crippen MR) is 112 cm³/mol. The molecule has 0 heterocycles. The number of hydrogen-bond acceptors (Lipinski definition) is 4. The van der Waals surface area contributed by atoms with E-state index in [1.54, 1.807) is 51.1 Å². The minimum Gasteiger partial charge on any atom is -0.483 e. The summed E-state index contributed by atoms with van der Waals surface area (Å²) >= 11 is 11.8. The first-order valence-electron chi connectivity index (χ1n) is 8.67. The molecule has 1 N–H and O–H groups in total. The van der Waals surface area contributed by atoms with E-state index < -0.39 is 10.0 Å². The minimum atomic E-state index is -3.54. The van der Waals surface area contributed by atoms with Crippen molar-refractivity contribution in [3.63, 3.8) is 0 Å². The van der Waals surface area contributed by atoms with Gasteiger partial charge in [-0.05, 0) is 48.9 Å². The lowest BCUT2D eigenvalue weighted by Gasteiger charge is -2.19. The summed E-state index contributed by atoms with van der Waals surface area (Å²) in [5, 5.41) is 3.39. The molecule has 0 unspecified atom stereocenters. The van der Waals surface area contributed by atoms with E-state index in [9.17, 15) is 13.2 Å². The summed E-state index contributed by atoms with van der Waals surface area (Å²) in [5.41, 5.74) is 1.12. The molecule has 28 heavy (non-hydrogen) atoms. The van der Waals surface area contributed by atoms with Crippen LogP contribution in [0.25, 0.3) is 0 Å². The molecule has 1 amide bonds. The molecular formula is C19H22Cl2N2O4S. The van der Waals surface area contributed by atoms with Crippen LogP contribution in [-0.4, -0.2) is 38.3 Å². The van der Waals surface area contributed by atoms with Crippen molar-refractivity contribution < 1.29 is 17.9 Å². The molecule has 0 aliphatic rings. The Labute approximate surface area is 175 Å². The summed E-state index contributed by atoms with van der Waals surface area (Å²) in [5.74, 6) is 0.0559. The van der Waals surface area contributed by atoms with Crippen LogP contribution >= 0.6 is 23.2 Å². The number of carbonyl (C=O) groups excluding carboxylic acids is 1. The molecule has 0 saturated carbocycles. The SMILES string of the molecule is CCN(CC)S(=O)(=O)c1ccc(OCC(=O)Nc2ccc(Cl)c(Cl)c2)c(C)c1. The number of carbonyl (C=O) groups is 1. The van der Waals surface area contributed by atoms with Crippen molar-refractivity contribution in [1.82, 2.24) is 4.31 Å². The normalized spacial score (nSPS) is 11.5. The number of aryl methyl sites for hydroxylation is 1. The first-order chi connectivity index (χ1) is 13.2. The third-order valence-corrected chi connectivity index (χ3v) is 6.84. The van der Waals surface area contributed by atoms with Gasteiger partial charge in [-0.15, -0.1) is 0 Å². The lowest BCUT2D eigenvalue weighted by atomic mass is 10.2. The minimum absolute atomic E-state index is 0.196. The monoisotopic (exact) mass is 444 g/mol. The average Bonchev–Trinajstić information content (AvgIpc) is 2.64. The number of hydrogen-bond donors (Lipinski definition) is 1. The van der Waals surface area contributed by atoms with Crippen molar-refractivity contribution >= 4 is 44.8 Å². The number of halogens is 2. The molecule has 0 bridgehead atoms. The van der Waals surface area contributed by atoms with E-state index in [1.807, 2.05) is 0 Å². The maximum Gasteiger partial charge on any atom is 0.262 e. The van der Waals surface area contributed by atoms with Crippen molar-refractivity contribution in [2.75, 3.05) is 25.0 Å². The average molecular weight is 445 g/mol. The zero-order chi connectivity index (χ0) is 20.9. The van der Waals surface area contributed by atoms with E-state index in [1.165, 1.54) is 10.4 Å². The summed E-state index contributed by atoms with van der Waals surface area (Å²) in [6.45, 7) is 5.86. The molecule has 0 aliphatic heterocycles. The van der Waals surface area contributed by atoms with Crippen LogP contribution in [0.15, 0.2) is 41.3 Å². The fourth-order valence-corrected chi connectivity index (χ4v) is 4.41. The number of benzene rings is 2. The number of rotatable bonds is 8. The first kappa shape index (κ1) is 22.5. The Morgan fingerprint density at radius 1 is 1.07 bits per heavy atom. The smallest absolute Gasteiger partial charge is 0.262 e. The van der Waals surface area contributed by atoms with Crippen LogP contribution in [0.3, 0.4) is 0 Å². The zero-order valence-corrected chi connectivity index (χ0v) is 18.2. The molecule has 0 saturated heterocycles. The third kappa shape index (κ3) is 5.38. The van der Waals surface area contributed by atoms with E-state index in [0.29, 0.717) is 40.1 Å². The number of nitrogens with one attached hydrogen (secondary N) is 1. The van der Waals surface area contributed by atoms with Crippen LogP contribution < -0.4 is 10.1 Å². The van der Waals surface area contributed by atoms with Gasteiger partial charge in [0, 0.05) is 18.8 Å². The topological polar surface area (TPSA) is 75.7 Å². The summed E-state index contributed by atoms with van der Waals surface area (Å²) in [6, 6.07) is 9.33. The van der Waals surface area contributed by atoms with Crippen LogP contribution in [0.2, 0.25) is 10.0 Å². The van der Waals surface area contributed by atoms with E-state index in [0.717, 1.165) is 0 Å². The Hall–Kier alpha value is -1.80. The summed E-state index contributed by atoms with van der Waals surface area (Å²) in [6.07, 6.45) is 0. The maximum absolute atomic E-state index is 12.6. The molecule has 0 aromatic heterocycles. The maximum atomic E-state index is 12.6. The van der Waals surface area contributed by atoms with E-state index in [4.69, 9.17) is 27.9 Å². The van der Waals surface area contributed by atoms with Crippen molar-refractivity contribution in [1.29, 1.82) is 0 Å². The van der Waals surface area contributed by atoms with E-state index in [2.05, 4.69) is 5.32 Å². The second kappa shape index (κ2) is 9.60. The predicted octanol–water partition coefficient (Wildman–Crippen LogP) is 4.35. The second-order valence-corrected chi connectivity index (χ2v) is 8.73. The van der Waals surface area contributed by atoms with Gasteiger partial charge in [-0.3, -0.25) is 4.79 Å². The number of nitrogens with zero attached hydrogens (tertiary/aromatic N) is 1. The van der Waals surface area contributed by atoms with Crippen LogP contribution in [0.1, 0.15) is 19.4 Å². The highest BCUT2D eigenvalue weighted by Crippen LogP contribution is 2.26. The van der Waals surface area contributed by atoms with Gasteiger partial charge in [0.15, 0.2) is 6.61 Å². The Balaban J connectivity index is 2.05. The molecule has 152 valence electrons. The molecule has 9 heteroatoms. The third-order valence-electron chi connectivity index (χ3n) is 4.05. The van der Waals surface area contributed by atoms with Crippen LogP contribution in [0.4, 0.5) is 5.69 Å². The van der Waals surface area contributed by atoms with Gasteiger partial charge < -0.3 is 10.1 Å². The van der Waals surface area contributed by atoms with Crippen molar-refractivity contribution in [3.8, 4) is 5.75 Å². The van der Waals surface area contributed by atoms with Gasteiger partial charge in [0.05, 0.1) is 14.9 Å². The van der Waals surface area contributed by atoms with E-state index >= 15 is 0 Å². The standard InChI is InChI=1S/C19H22Cl2N2O4S/c1-4-23(5-2)28(25,26)15-7-9-18(13(3)10-15)27-12-19(24)22-14-6-8-16(20)17(21)11-14/h6-11H,4-5,12H2,1-3H3,(H,22,24). The highest BCUT2D eigenvalue weighted by atomic mass is 35.5. The molecule has 0 fully saturated rings. The lowest BCUT2D eigenvalue weighted by molar-refractivity contribution is -0.118. The fraction of sp³-hybridized carbons (Fsp3) is 0.316.